The van der Waals surface area contributed by atoms with Gasteiger partial charge in [0.05, 0.1) is 29.1 Å². The number of hydrogen-bond donors (Lipinski definition) is 1. The Balaban J connectivity index is 1.60. The first-order chi connectivity index (χ1) is 14.3. The number of nitrogens with zero attached hydrogens (tertiary/aromatic N) is 4. The van der Waals surface area contributed by atoms with Gasteiger partial charge in [0.2, 0.25) is 0 Å². The third-order valence-corrected chi connectivity index (χ3v) is 5.03. The van der Waals surface area contributed by atoms with Crippen LogP contribution < -0.4 is 5.32 Å². The van der Waals surface area contributed by atoms with Gasteiger partial charge in [0.15, 0.2) is 0 Å². The SMILES string of the molecule is Cc1cnc(C(F)(F)F)cc1-c1cc2n(n1)CCC2NC(=O)c1cccc(C#N)c1. The van der Waals surface area contributed by atoms with Gasteiger partial charge in [0.25, 0.3) is 5.91 Å². The van der Waals surface area contributed by atoms with Crippen molar-refractivity contribution in [3.05, 3.63) is 70.7 Å². The van der Waals surface area contributed by atoms with Crippen LogP contribution in [0.5, 0.6) is 0 Å². The van der Waals surface area contributed by atoms with Crippen LogP contribution in [0, 0.1) is 18.3 Å². The molecule has 0 radical (unpaired) electrons. The first-order valence-electron chi connectivity index (χ1n) is 9.19. The highest BCUT2D eigenvalue weighted by Crippen LogP contribution is 2.34. The van der Waals surface area contributed by atoms with E-state index in [1.165, 1.54) is 12.3 Å². The zero-order valence-electron chi connectivity index (χ0n) is 15.9. The molecule has 2 aromatic heterocycles. The number of carbonyl (C=O) groups excluding carboxylic acids is 1. The second-order valence-corrected chi connectivity index (χ2v) is 7.07. The molecule has 1 amide bonds. The maximum atomic E-state index is 13.0. The molecular formula is C21H16F3N5O. The predicted molar refractivity (Wildman–Crippen MR) is 101 cm³/mol. The van der Waals surface area contributed by atoms with Crippen LogP contribution in [0.4, 0.5) is 13.2 Å². The number of nitrogens with one attached hydrogen (secondary N) is 1. The molecular weight excluding hydrogens is 395 g/mol. The summed E-state index contributed by atoms with van der Waals surface area (Å²) >= 11 is 0. The second kappa shape index (κ2) is 7.30. The Morgan fingerprint density at radius 3 is 2.83 bits per heavy atom. The molecule has 1 aliphatic heterocycles. The third-order valence-electron chi connectivity index (χ3n) is 5.03. The minimum atomic E-state index is -4.54. The number of alkyl halides is 3. The minimum absolute atomic E-state index is 0.325. The Hall–Kier alpha value is -3.67. The van der Waals surface area contributed by atoms with Gasteiger partial charge < -0.3 is 5.32 Å². The summed E-state index contributed by atoms with van der Waals surface area (Å²) in [5.41, 5.74) is 1.83. The van der Waals surface area contributed by atoms with Crippen molar-refractivity contribution in [2.45, 2.75) is 32.1 Å². The van der Waals surface area contributed by atoms with Gasteiger partial charge in [-0.15, -0.1) is 0 Å². The Kier molecular flexibility index (Phi) is 4.78. The highest BCUT2D eigenvalue weighted by Gasteiger charge is 2.33. The minimum Gasteiger partial charge on any atom is -0.344 e. The Morgan fingerprint density at radius 2 is 2.10 bits per heavy atom. The van der Waals surface area contributed by atoms with Crippen molar-refractivity contribution in [3.8, 4) is 17.3 Å². The predicted octanol–water partition coefficient (Wildman–Crippen LogP) is 4.02. The molecule has 6 nitrogen and oxygen atoms in total. The molecule has 4 rings (SSSR count). The van der Waals surface area contributed by atoms with Crippen LogP contribution in [0.1, 0.15) is 45.3 Å². The average molecular weight is 411 g/mol. The number of hydrogen-bond acceptors (Lipinski definition) is 4. The van der Waals surface area contributed by atoms with Crippen LogP contribution in [-0.2, 0) is 12.7 Å². The molecule has 152 valence electrons. The molecule has 30 heavy (non-hydrogen) atoms. The number of nitriles is 1. The van der Waals surface area contributed by atoms with E-state index in [4.69, 9.17) is 5.26 Å². The van der Waals surface area contributed by atoms with E-state index in [1.807, 2.05) is 6.07 Å². The topological polar surface area (TPSA) is 83.6 Å². The monoisotopic (exact) mass is 411 g/mol. The molecule has 3 aromatic rings. The van der Waals surface area contributed by atoms with Crippen molar-refractivity contribution in [3.63, 3.8) is 0 Å². The lowest BCUT2D eigenvalue weighted by Gasteiger charge is -2.12. The summed E-state index contributed by atoms with van der Waals surface area (Å²) in [5.74, 6) is -0.326. The van der Waals surface area contributed by atoms with E-state index in [9.17, 15) is 18.0 Å². The Bertz CT molecular complexity index is 1180. The van der Waals surface area contributed by atoms with Crippen molar-refractivity contribution < 1.29 is 18.0 Å². The molecule has 3 heterocycles. The van der Waals surface area contributed by atoms with Gasteiger partial charge in [0.1, 0.15) is 5.69 Å². The molecule has 9 heteroatoms. The third kappa shape index (κ3) is 3.64. The Morgan fingerprint density at radius 1 is 1.30 bits per heavy atom. The zero-order valence-corrected chi connectivity index (χ0v) is 15.9. The molecule has 0 spiro atoms. The summed E-state index contributed by atoms with van der Waals surface area (Å²) in [6.07, 6.45) is -2.74. The fourth-order valence-corrected chi connectivity index (χ4v) is 3.49. The van der Waals surface area contributed by atoms with Gasteiger partial charge in [-0.1, -0.05) is 6.07 Å². The van der Waals surface area contributed by atoms with Crippen LogP contribution in [0.2, 0.25) is 0 Å². The fraction of sp³-hybridized carbons (Fsp3) is 0.238. The molecule has 1 atom stereocenters. The lowest BCUT2D eigenvalue weighted by Crippen LogP contribution is -2.27. The zero-order chi connectivity index (χ0) is 21.5. The molecule has 0 fully saturated rings. The lowest BCUT2D eigenvalue weighted by molar-refractivity contribution is -0.141. The first-order valence-corrected chi connectivity index (χ1v) is 9.19. The lowest BCUT2D eigenvalue weighted by atomic mass is 10.0. The summed E-state index contributed by atoms with van der Waals surface area (Å²) in [5, 5.41) is 16.3. The molecule has 1 aliphatic rings. The van der Waals surface area contributed by atoms with Gasteiger partial charge in [0, 0.05) is 23.9 Å². The highest BCUT2D eigenvalue weighted by atomic mass is 19.4. The van der Waals surface area contributed by atoms with E-state index in [0.29, 0.717) is 40.9 Å². The molecule has 1 aromatic carbocycles. The number of halogens is 3. The maximum absolute atomic E-state index is 13.0. The molecule has 0 bridgehead atoms. The number of pyridine rings is 1. The molecule has 1 N–H and O–H groups in total. The van der Waals surface area contributed by atoms with Gasteiger partial charge in [-0.25, -0.2) is 0 Å². The second-order valence-electron chi connectivity index (χ2n) is 7.07. The number of fused-ring (bicyclic) bond motifs is 1. The van der Waals surface area contributed by atoms with Gasteiger partial charge >= 0.3 is 6.18 Å². The quantitative estimate of drug-likeness (QED) is 0.706. The van der Waals surface area contributed by atoms with Crippen molar-refractivity contribution in [2.75, 3.05) is 0 Å². The van der Waals surface area contributed by atoms with Crippen LogP contribution in [0.15, 0.2) is 42.6 Å². The number of amides is 1. The summed E-state index contributed by atoms with van der Waals surface area (Å²) in [6, 6.07) is 10.7. The van der Waals surface area contributed by atoms with Crippen LogP contribution in [-0.4, -0.2) is 20.7 Å². The standard InChI is InChI=1S/C21H16F3N5O/c1-12-11-26-19(21(22,23)24)8-15(12)17-9-18-16(5-6-29(18)28-17)27-20(30)14-4-2-3-13(7-14)10-25/h2-4,7-9,11,16H,5-6H2,1H3,(H,27,30). The number of rotatable bonds is 3. The van der Waals surface area contributed by atoms with Crippen LogP contribution >= 0.6 is 0 Å². The summed E-state index contributed by atoms with van der Waals surface area (Å²) in [4.78, 5) is 16.0. The van der Waals surface area contributed by atoms with Crippen molar-refractivity contribution in [2.24, 2.45) is 0 Å². The molecule has 0 aliphatic carbocycles. The average Bonchev–Trinajstić information content (AvgIpc) is 3.29. The number of benzene rings is 1. The van der Waals surface area contributed by atoms with Gasteiger partial charge in [-0.2, -0.15) is 23.5 Å². The van der Waals surface area contributed by atoms with E-state index >= 15 is 0 Å². The van der Waals surface area contributed by atoms with E-state index < -0.39 is 11.9 Å². The molecule has 0 saturated carbocycles. The smallest absolute Gasteiger partial charge is 0.344 e. The summed E-state index contributed by atoms with van der Waals surface area (Å²) in [7, 11) is 0. The summed E-state index contributed by atoms with van der Waals surface area (Å²) < 4.78 is 40.8. The maximum Gasteiger partial charge on any atom is 0.433 e. The summed E-state index contributed by atoms with van der Waals surface area (Å²) in [6.45, 7) is 2.21. The van der Waals surface area contributed by atoms with Crippen molar-refractivity contribution in [1.82, 2.24) is 20.1 Å². The van der Waals surface area contributed by atoms with E-state index in [2.05, 4.69) is 15.4 Å². The van der Waals surface area contributed by atoms with Gasteiger partial charge in [-0.3, -0.25) is 14.5 Å². The number of carbonyl (C=O) groups is 1. The largest absolute Gasteiger partial charge is 0.433 e. The van der Waals surface area contributed by atoms with Crippen molar-refractivity contribution >= 4 is 5.91 Å². The van der Waals surface area contributed by atoms with Gasteiger partial charge in [-0.05, 0) is 49.2 Å². The Labute approximate surface area is 170 Å². The van der Waals surface area contributed by atoms with Crippen molar-refractivity contribution in [1.29, 1.82) is 5.26 Å². The number of aromatic nitrogens is 3. The van der Waals surface area contributed by atoms with Crippen LogP contribution in [0.3, 0.4) is 0 Å². The molecule has 0 saturated heterocycles. The number of aryl methyl sites for hydroxylation is 2. The normalized spacial score (nSPS) is 15.5. The highest BCUT2D eigenvalue weighted by molar-refractivity contribution is 5.94. The van der Waals surface area contributed by atoms with E-state index in [-0.39, 0.29) is 11.9 Å². The molecule has 1 unspecified atom stereocenters. The van der Waals surface area contributed by atoms with Crippen LogP contribution in [0.25, 0.3) is 11.3 Å². The van der Waals surface area contributed by atoms with E-state index in [1.54, 1.807) is 35.9 Å². The first kappa shape index (κ1) is 19.6. The fourth-order valence-electron chi connectivity index (χ4n) is 3.49. The van der Waals surface area contributed by atoms with E-state index in [0.717, 1.165) is 11.8 Å².